The number of carboxylic acids is 2. The molecule has 0 aliphatic heterocycles. The molecule has 2 aromatic heterocycles. The van der Waals surface area contributed by atoms with Crippen molar-refractivity contribution in [3.05, 3.63) is 115 Å². The van der Waals surface area contributed by atoms with Crippen LogP contribution in [0.2, 0.25) is 10.0 Å². The van der Waals surface area contributed by atoms with Crippen molar-refractivity contribution >= 4 is 63.6 Å². The molecule has 5 N–H and O–H groups in total. The van der Waals surface area contributed by atoms with Crippen LogP contribution in [0.15, 0.2) is 82.6 Å². The van der Waals surface area contributed by atoms with Crippen LogP contribution in [0.25, 0.3) is 11.2 Å². The van der Waals surface area contributed by atoms with Gasteiger partial charge in [0.05, 0.1) is 22.1 Å². The molecule has 3 aromatic carbocycles. The first-order valence-corrected chi connectivity index (χ1v) is 13.7. The largest absolute Gasteiger partial charge is 1.00 e. The Kier molecular flexibility index (Phi) is 16.1. The number of imidazole rings is 1. The third-order valence-corrected chi connectivity index (χ3v) is 6.61. The standard InChI is InChI=1S/C14H11Cl2NO2.C9H8O4.C7H8N4O2.Na.H2O/c15-10-5-3-6-11(16)14(10)17-12-7-2-1-4-9(12)8-13(18)19;1-6(10)13-8-5-3-2-4-7(8)9(11)12;1-10-5-4(8-3-9-5)6(12)11(2)7(10)13;;/h1-7,17H,8H2,(H,18,19);2-5H,1H3,(H,11,12);3H,1-2H3,(H,8,9);;1H2/q;;;+1;/p-1. The summed E-state index contributed by atoms with van der Waals surface area (Å²) in [4.78, 5) is 61.3. The predicted octanol–water partition coefficient (Wildman–Crippen LogP) is -0.521. The normalized spacial score (nSPS) is 9.72. The number of para-hydroxylation sites is 3. The van der Waals surface area contributed by atoms with Gasteiger partial charge in [-0.05, 0) is 35.9 Å². The zero-order valence-corrected chi connectivity index (χ0v) is 29.0. The number of halogens is 2. The van der Waals surface area contributed by atoms with Crippen LogP contribution in [0, 0.1) is 0 Å². The molecule has 242 valence electrons. The average Bonchev–Trinajstić information content (AvgIpc) is 3.49. The first-order valence-electron chi connectivity index (χ1n) is 12.9. The Labute approximate surface area is 299 Å². The summed E-state index contributed by atoms with van der Waals surface area (Å²) in [7, 11) is 3.01. The van der Waals surface area contributed by atoms with Crippen LogP contribution < -0.4 is 56.0 Å². The van der Waals surface area contributed by atoms with Gasteiger partial charge in [0.2, 0.25) is 0 Å². The number of benzene rings is 3. The number of carbonyl (C=O) groups excluding carboxylic acids is 2. The maximum atomic E-state index is 11.4. The molecule has 47 heavy (non-hydrogen) atoms. The van der Waals surface area contributed by atoms with Crippen molar-refractivity contribution in [3.63, 3.8) is 0 Å². The quantitative estimate of drug-likeness (QED) is 0.117. The van der Waals surface area contributed by atoms with E-state index >= 15 is 0 Å². The molecule has 0 saturated heterocycles. The summed E-state index contributed by atoms with van der Waals surface area (Å²) in [5.74, 6) is -2.72. The SMILES string of the molecule is CC(=O)Oc1ccccc1C(=O)O.Cn1c(=O)c2[nH]cnc2n(C)c1=O.O.O=C([O-])Cc1ccccc1Nc1c(Cl)cccc1Cl.[Na+]. The van der Waals surface area contributed by atoms with Crippen LogP contribution >= 0.6 is 23.2 Å². The Morgan fingerprint density at radius 2 is 1.55 bits per heavy atom. The summed E-state index contributed by atoms with van der Waals surface area (Å²) in [6.45, 7) is 1.22. The Hall–Kier alpha value is -4.44. The van der Waals surface area contributed by atoms with Gasteiger partial charge in [0, 0.05) is 39.1 Å². The number of aliphatic carboxylic acids is 1. The molecule has 0 spiro atoms. The summed E-state index contributed by atoms with van der Waals surface area (Å²) in [6, 6.07) is 18.2. The number of nitrogens with zero attached hydrogens (tertiary/aromatic N) is 3. The topological polar surface area (TPSA) is 220 Å². The van der Waals surface area contributed by atoms with E-state index in [0.717, 1.165) is 4.57 Å². The summed E-state index contributed by atoms with van der Waals surface area (Å²) in [5, 5.41) is 23.4. The molecular formula is C30H28Cl2N5NaO9. The van der Waals surface area contributed by atoms with E-state index in [1.54, 1.807) is 61.6 Å². The van der Waals surface area contributed by atoms with Gasteiger partial charge in [-0.2, -0.15) is 0 Å². The van der Waals surface area contributed by atoms with E-state index in [1.807, 2.05) is 0 Å². The van der Waals surface area contributed by atoms with E-state index in [0.29, 0.717) is 38.1 Å². The molecule has 0 saturated carbocycles. The minimum atomic E-state index is -1.14. The zero-order chi connectivity index (χ0) is 33.3. The number of esters is 1. The molecular weight excluding hydrogens is 668 g/mol. The molecule has 0 radical (unpaired) electrons. The number of H-pyrrole nitrogens is 1. The van der Waals surface area contributed by atoms with E-state index < -0.39 is 17.9 Å². The van der Waals surface area contributed by atoms with Crippen LogP contribution in [0.4, 0.5) is 11.4 Å². The van der Waals surface area contributed by atoms with Crippen molar-refractivity contribution in [1.29, 1.82) is 0 Å². The van der Waals surface area contributed by atoms with Crippen LogP contribution in [0.5, 0.6) is 5.75 Å². The first kappa shape index (κ1) is 40.6. The van der Waals surface area contributed by atoms with Crippen LogP contribution in [0.3, 0.4) is 0 Å². The Balaban J connectivity index is 0.000000354. The van der Waals surface area contributed by atoms with Gasteiger partial charge < -0.3 is 35.5 Å². The number of ether oxygens (including phenoxy) is 1. The van der Waals surface area contributed by atoms with E-state index in [2.05, 4.69) is 20.0 Å². The summed E-state index contributed by atoms with van der Waals surface area (Å²) in [6.07, 6.45) is 1.22. The van der Waals surface area contributed by atoms with Gasteiger partial charge in [0.15, 0.2) is 5.65 Å². The summed E-state index contributed by atoms with van der Waals surface area (Å²) < 4.78 is 7.06. The molecule has 0 aliphatic carbocycles. The van der Waals surface area contributed by atoms with Crippen molar-refractivity contribution in [1.82, 2.24) is 19.1 Å². The number of aromatic carboxylic acids is 1. The number of aromatic amines is 1. The van der Waals surface area contributed by atoms with E-state index in [4.69, 9.17) is 28.3 Å². The number of hydrogen-bond donors (Lipinski definition) is 3. The first-order chi connectivity index (χ1) is 21.3. The second-order valence-corrected chi connectivity index (χ2v) is 9.94. The van der Waals surface area contributed by atoms with Gasteiger partial charge in [0.1, 0.15) is 16.8 Å². The molecule has 17 heteroatoms. The Morgan fingerprint density at radius 3 is 2.15 bits per heavy atom. The predicted molar refractivity (Wildman–Crippen MR) is 170 cm³/mol. The molecule has 5 aromatic rings. The van der Waals surface area contributed by atoms with Gasteiger partial charge in [-0.1, -0.05) is 59.6 Å². The fraction of sp³-hybridized carbons (Fsp3) is 0.133. The summed E-state index contributed by atoms with van der Waals surface area (Å²) >= 11 is 12.1. The number of hydrogen-bond acceptors (Lipinski definition) is 9. The number of nitrogens with one attached hydrogen (secondary N) is 2. The van der Waals surface area contributed by atoms with Crippen molar-refractivity contribution in [2.45, 2.75) is 13.3 Å². The molecule has 5 rings (SSSR count). The van der Waals surface area contributed by atoms with E-state index in [1.165, 1.54) is 37.0 Å². The van der Waals surface area contributed by atoms with Crippen molar-refractivity contribution in [3.8, 4) is 5.75 Å². The van der Waals surface area contributed by atoms with Gasteiger partial charge in [-0.3, -0.25) is 18.7 Å². The second kappa shape index (κ2) is 18.6. The number of carbonyl (C=O) groups is 3. The number of rotatable bonds is 6. The smallest absolute Gasteiger partial charge is 0.550 e. The fourth-order valence-electron chi connectivity index (χ4n) is 3.86. The third-order valence-electron chi connectivity index (χ3n) is 5.98. The number of carboxylic acid groups (broad SMARTS) is 2. The number of fused-ring (bicyclic) bond motifs is 1. The molecule has 14 nitrogen and oxygen atoms in total. The zero-order valence-electron chi connectivity index (χ0n) is 25.5. The van der Waals surface area contributed by atoms with E-state index in [-0.39, 0.29) is 64.0 Å². The number of aryl methyl sites for hydroxylation is 1. The third kappa shape index (κ3) is 10.8. The molecule has 0 bridgehead atoms. The van der Waals surface area contributed by atoms with Crippen LogP contribution in [-0.2, 0) is 30.1 Å². The molecule has 0 amide bonds. The molecule has 0 aliphatic rings. The summed E-state index contributed by atoms with van der Waals surface area (Å²) in [5.41, 5.74) is 1.80. The maximum absolute atomic E-state index is 11.4. The minimum Gasteiger partial charge on any atom is -0.550 e. The van der Waals surface area contributed by atoms with Crippen LogP contribution in [0.1, 0.15) is 22.8 Å². The van der Waals surface area contributed by atoms with Crippen molar-refractivity contribution in [2.75, 3.05) is 5.32 Å². The van der Waals surface area contributed by atoms with Crippen molar-refractivity contribution in [2.24, 2.45) is 14.1 Å². The minimum absolute atomic E-state index is 0. The molecule has 0 unspecified atom stereocenters. The van der Waals surface area contributed by atoms with Crippen molar-refractivity contribution < 1.29 is 64.4 Å². The van der Waals surface area contributed by atoms with Crippen LogP contribution in [-0.4, -0.2) is 47.6 Å². The number of anilines is 2. The van der Waals surface area contributed by atoms with E-state index in [9.17, 15) is 29.1 Å². The Morgan fingerprint density at radius 1 is 0.957 bits per heavy atom. The molecule has 2 heterocycles. The van der Waals surface area contributed by atoms with Gasteiger partial charge >= 0.3 is 47.2 Å². The maximum Gasteiger partial charge on any atom is 1.00 e. The molecule has 0 fully saturated rings. The van der Waals surface area contributed by atoms with Gasteiger partial charge in [0.25, 0.3) is 5.56 Å². The molecule has 0 atom stereocenters. The Bertz CT molecular complexity index is 1970. The monoisotopic (exact) mass is 695 g/mol. The second-order valence-electron chi connectivity index (χ2n) is 9.13. The van der Waals surface area contributed by atoms with Gasteiger partial charge in [-0.25, -0.2) is 14.6 Å². The fourth-order valence-corrected chi connectivity index (χ4v) is 4.35. The number of aromatic nitrogens is 4. The average molecular weight is 696 g/mol. The van der Waals surface area contributed by atoms with Gasteiger partial charge in [-0.15, -0.1) is 0 Å².